The van der Waals surface area contributed by atoms with Crippen LogP contribution in [0.4, 0.5) is 11.4 Å². The predicted molar refractivity (Wildman–Crippen MR) is 69.2 cm³/mol. The summed E-state index contributed by atoms with van der Waals surface area (Å²) in [6.07, 6.45) is 0.606. The van der Waals surface area contributed by atoms with Crippen LogP contribution in [0.1, 0.15) is 23.2 Å². The summed E-state index contributed by atoms with van der Waals surface area (Å²) in [6, 6.07) is 3.99. The molecule has 19 heavy (non-hydrogen) atoms. The van der Waals surface area contributed by atoms with Crippen LogP contribution in [-0.2, 0) is 9.59 Å². The first kappa shape index (κ1) is 12.9. The molecule has 1 unspecified atom stereocenters. The minimum absolute atomic E-state index is 0.248. The quantitative estimate of drug-likeness (QED) is 0.435. The number of benzene rings is 1. The SMILES string of the molecule is NC(=O)c1ccc(N)cc1NC1CCC(=O)NC1=O. The summed E-state index contributed by atoms with van der Waals surface area (Å²) < 4.78 is 0. The first-order valence-corrected chi connectivity index (χ1v) is 5.77. The fourth-order valence-corrected chi connectivity index (χ4v) is 1.92. The van der Waals surface area contributed by atoms with E-state index >= 15 is 0 Å². The van der Waals surface area contributed by atoms with Crippen LogP contribution in [0, 0.1) is 0 Å². The largest absolute Gasteiger partial charge is 0.399 e. The summed E-state index contributed by atoms with van der Waals surface area (Å²) >= 11 is 0. The maximum absolute atomic E-state index is 11.6. The van der Waals surface area contributed by atoms with Crippen molar-refractivity contribution in [3.8, 4) is 0 Å². The number of nitrogens with two attached hydrogens (primary N) is 2. The number of amides is 3. The van der Waals surface area contributed by atoms with Gasteiger partial charge in [-0.15, -0.1) is 0 Å². The fourth-order valence-electron chi connectivity index (χ4n) is 1.92. The van der Waals surface area contributed by atoms with E-state index in [9.17, 15) is 14.4 Å². The van der Waals surface area contributed by atoms with Gasteiger partial charge in [0, 0.05) is 17.8 Å². The Morgan fingerprint density at radius 2 is 2.11 bits per heavy atom. The normalized spacial score (nSPS) is 18.8. The third kappa shape index (κ3) is 2.82. The summed E-state index contributed by atoms with van der Waals surface area (Å²) in [7, 11) is 0. The van der Waals surface area contributed by atoms with Gasteiger partial charge in [-0.1, -0.05) is 0 Å². The first-order chi connectivity index (χ1) is 8.97. The van der Waals surface area contributed by atoms with Crippen LogP contribution >= 0.6 is 0 Å². The molecule has 0 bridgehead atoms. The second-order valence-corrected chi connectivity index (χ2v) is 4.32. The second-order valence-electron chi connectivity index (χ2n) is 4.32. The monoisotopic (exact) mass is 262 g/mol. The molecule has 6 N–H and O–H groups in total. The van der Waals surface area contributed by atoms with Crippen molar-refractivity contribution in [3.05, 3.63) is 23.8 Å². The number of rotatable bonds is 3. The minimum atomic E-state index is -0.616. The van der Waals surface area contributed by atoms with Gasteiger partial charge >= 0.3 is 0 Å². The van der Waals surface area contributed by atoms with Gasteiger partial charge in [-0.05, 0) is 24.6 Å². The lowest BCUT2D eigenvalue weighted by Crippen LogP contribution is -2.47. The van der Waals surface area contributed by atoms with Crippen molar-refractivity contribution in [1.82, 2.24) is 5.32 Å². The molecule has 1 aliphatic rings. The lowest BCUT2D eigenvalue weighted by molar-refractivity contribution is -0.133. The maximum atomic E-state index is 11.6. The molecule has 2 rings (SSSR count). The highest BCUT2D eigenvalue weighted by molar-refractivity contribution is 6.03. The number of primary amides is 1. The van der Waals surface area contributed by atoms with E-state index < -0.39 is 17.9 Å². The zero-order chi connectivity index (χ0) is 14.0. The molecular weight excluding hydrogens is 248 g/mol. The van der Waals surface area contributed by atoms with Crippen LogP contribution in [0.3, 0.4) is 0 Å². The van der Waals surface area contributed by atoms with Crippen LogP contribution in [0.2, 0.25) is 0 Å². The number of hydrogen-bond acceptors (Lipinski definition) is 5. The summed E-state index contributed by atoms with van der Waals surface area (Å²) in [6.45, 7) is 0. The van der Waals surface area contributed by atoms with Gasteiger partial charge in [0.05, 0.1) is 5.56 Å². The Bertz CT molecular complexity index is 556. The molecule has 0 spiro atoms. The summed E-state index contributed by atoms with van der Waals surface area (Å²) in [5.74, 6) is -1.34. The van der Waals surface area contributed by atoms with Crippen molar-refractivity contribution in [2.45, 2.75) is 18.9 Å². The average Bonchev–Trinajstić information content (AvgIpc) is 2.32. The molecule has 1 heterocycles. The van der Waals surface area contributed by atoms with Gasteiger partial charge in [-0.2, -0.15) is 0 Å². The van der Waals surface area contributed by atoms with E-state index in [0.717, 1.165) is 0 Å². The highest BCUT2D eigenvalue weighted by atomic mass is 16.2. The minimum Gasteiger partial charge on any atom is -0.399 e. The van der Waals surface area contributed by atoms with E-state index in [1.165, 1.54) is 12.1 Å². The molecule has 7 nitrogen and oxygen atoms in total. The molecule has 1 atom stereocenters. The highest BCUT2D eigenvalue weighted by Crippen LogP contribution is 2.21. The molecule has 7 heteroatoms. The summed E-state index contributed by atoms with van der Waals surface area (Å²) in [5.41, 5.74) is 12.0. The van der Waals surface area contributed by atoms with Crippen molar-refractivity contribution in [1.29, 1.82) is 0 Å². The molecule has 0 aromatic heterocycles. The topological polar surface area (TPSA) is 127 Å². The highest BCUT2D eigenvalue weighted by Gasteiger charge is 2.27. The molecular formula is C12H14N4O3. The first-order valence-electron chi connectivity index (χ1n) is 5.77. The van der Waals surface area contributed by atoms with Gasteiger partial charge in [-0.3, -0.25) is 19.7 Å². The molecule has 1 fully saturated rings. The molecule has 0 aliphatic carbocycles. The molecule has 1 aliphatic heterocycles. The maximum Gasteiger partial charge on any atom is 0.250 e. The van der Waals surface area contributed by atoms with Gasteiger partial charge in [0.2, 0.25) is 11.8 Å². The van der Waals surface area contributed by atoms with Crippen molar-refractivity contribution in [3.63, 3.8) is 0 Å². The lowest BCUT2D eigenvalue weighted by atomic mass is 10.0. The Labute approximate surface area is 109 Å². The number of anilines is 2. The number of nitrogen functional groups attached to an aromatic ring is 1. The average molecular weight is 262 g/mol. The van der Waals surface area contributed by atoms with E-state index in [1.54, 1.807) is 6.07 Å². The van der Waals surface area contributed by atoms with Gasteiger partial charge in [0.25, 0.3) is 5.91 Å². The molecule has 1 aromatic rings. The summed E-state index contributed by atoms with van der Waals surface area (Å²) in [5, 5.41) is 5.12. The predicted octanol–water partition coefficient (Wildman–Crippen LogP) is -0.415. The molecule has 1 aromatic carbocycles. The number of carbonyl (C=O) groups is 3. The standard InChI is InChI=1S/C12H14N4O3/c13-6-1-2-7(11(14)18)9(5-6)15-8-3-4-10(17)16-12(8)19/h1-2,5,8,15H,3-4,13H2,(H2,14,18)(H,16,17,19). The van der Waals surface area contributed by atoms with Crippen LogP contribution in [0.25, 0.3) is 0 Å². The molecule has 1 saturated heterocycles. The van der Waals surface area contributed by atoms with Crippen LogP contribution in [0.15, 0.2) is 18.2 Å². The van der Waals surface area contributed by atoms with Crippen LogP contribution in [0.5, 0.6) is 0 Å². The van der Waals surface area contributed by atoms with Crippen molar-refractivity contribution < 1.29 is 14.4 Å². The Hall–Kier alpha value is -2.57. The Morgan fingerprint density at radius 3 is 2.74 bits per heavy atom. The van der Waals surface area contributed by atoms with E-state index in [4.69, 9.17) is 11.5 Å². The zero-order valence-electron chi connectivity index (χ0n) is 10.1. The summed E-state index contributed by atoms with van der Waals surface area (Å²) in [4.78, 5) is 34.0. The van der Waals surface area contributed by atoms with Gasteiger partial charge in [0.1, 0.15) is 6.04 Å². The van der Waals surface area contributed by atoms with Crippen molar-refractivity contribution in [2.75, 3.05) is 11.1 Å². The van der Waals surface area contributed by atoms with E-state index in [-0.39, 0.29) is 17.9 Å². The lowest BCUT2D eigenvalue weighted by Gasteiger charge is -2.23. The number of carbonyl (C=O) groups excluding carboxylic acids is 3. The van der Waals surface area contributed by atoms with Gasteiger partial charge in [-0.25, -0.2) is 0 Å². The third-order valence-corrected chi connectivity index (χ3v) is 2.88. The smallest absolute Gasteiger partial charge is 0.250 e. The molecule has 0 radical (unpaired) electrons. The Morgan fingerprint density at radius 1 is 1.37 bits per heavy atom. The number of piperidine rings is 1. The van der Waals surface area contributed by atoms with Crippen LogP contribution in [-0.4, -0.2) is 23.8 Å². The third-order valence-electron chi connectivity index (χ3n) is 2.88. The Kier molecular flexibility index (Phi) is 3.37. The van der Waals surface area contributed by atoms with E-state index in [2.05, 4.69) is 10.6 Å². The van der Waals surface area contributed by atoms with Crippen LogP contribution < -0.4 is 22.1 Å². The van der Waals surface area contributed by atoms with Gasteiger partial charge in [0.15, 0.2) is 0 Å². The van der Waals surface area contributed by atoms with Gasteiger partial charge < -0.3 is 16.8 Å². The zero-order valence-corrected chi connectivity index (χ0v) is 10.1. The number of nitrogens with one attached hydrogen (secondary N) is 2. The molecule has 100 valence electrons. The second kappa shape index (κ2) is 4.97. The van der Waals surface area contributed by atoms with Crippen molar-refractivity contribution in [2.24, 2.45) is 5.73 Å². The van der Waals surface area contributed by atoms with Crippen molar-refractivity contribution >= 4 is 29.1 Å². The molecule has 0 saturated carbocycles. The molecule has 3 amide bonds. The van der Waals surface area contributed by atoms with E-state index in [1.807, 2.05) is 0 Å². The number of imide groups is 1. The number of hydrogen-bond donors (Lipinski definition) is 4. The fraction of sp³-hybridized carbons (Fsp3) is 0.250. The Balaban J connectivity index is 2.23. The van der Waals surface area contributed by atoms with E-state index in [0.29, 0.717) is 17.8 Å².